The van der Waals surface area contributed by atoms with E-state index < -0.39 is 15.5 Å². The molecule has 5 nitrogen and oxygen atoms in total. The summed E-state index contributed by atoms with van der Waals surface area (Å²) in [6, 6.07) is 3.09. The van der Waals surface area contributed by atoms with Crippen LogP contribution in [0.4, 0.5) is 0 Å². The molecule has 0 aliphatic rings. The quantitative estimate of drug-likeness (QED) is 0.575. The van der Waals surface area contributed by atoms with Crippen LogP contribution >= 0.6 is 10.7 Å². The average molecular weight is 328 g/mol. The van der Waals surface area contributed by atoms with Gasteiger partial charge >= 0.3 is 0 Å². The van der Waals surface area contributed by atoms with Gasteiger partial charge in [-0.15, -0.1) is 0 Å². The lowest BCUT2D eigenvalue weighted by Gasteiger charge is -2.16. The molecular weight excluding hydrogens is 317 g/mol. The molecule has 0 amide bonds. The zero-order valence-electron chi connectivity index (χ0n) is 12.4. The summed E-state index contributed by atoms with van der Waals surface area (Å²) in [6.07, 6.45) is 0. The summed E-state index contributed by atoms with van der Waals surface area (Å²) in [5.74, 6) is 1.23. The molecule has 1 aromatic heterocycles. The standard InChI is InChI=1S/C11H11B4ClN3O2S/c1-6-4-9(15(13)14-12)11(22(16,20)21)5-10(6)19-8(3)17-7(2)18-19/h4-5H,1-3H3. The molecule has 1 aromatic carbocycles. The van der Waals surface area contributed by atoms with Gasteiger partial charge in [-0.2, -0.15) is 5.10 Å². The molecule has 0 spiro atoms. The zero-order chi connectivity index (χ0) is 16.7. The van der Waals surface area contributed by atoms with E-state index in [0.29, 0.717) is 22.8 Å². The second-order valence-electron chi connectivity index (χ2n) is 4.95. The Morgan fingerprint density at radius 3 is 2.41 bits per heavy atom. The van der Waals surface area contributed by atoms with Gasteiger partial charge in [0.05, 0.1) is 17.1 Å². The Hall–Kier alpha value is -1.14. The molecule has 0 N–H and O–H groups in total. The van der Waals surface area contributed by atoms with Crippen molar-refractivity contribution in [1.29, 1.82) is 0 Å². The van der Waals surface area contributed by atoms with Gasteiger partial charge in [0.2, 0.25) is 0 Å². The van der Waals surface area contributed by atoms with Gasteiger partial charge in [-0.25, -0.2) is 18.1 Å². The van der Waals surface area contributed by atoms with E-state index in [0.717, 1.165) is 5.56 Å². The van der Waals surface area contributed by atoms with E-state index in [9.17, 15) is 8.42 Å². The number of rotatable bonds is 4. The Morgan fingerprint density at radius 2 is 1.95 bits per heavy atom. The van der Waals surface area contributed by atoms with Crippen molar-refractivity contribution in [1.82, 2.24) is 14.8 Å². The number of hydrogen-bond acceptors (Lipinski definition) is 4. The molecule has 11 heteroatoms. The van der Waals surface area contributed by atoms with E-state index in [1.807, 2.05) is 6.92 Å². The molecule has 22 heavy (non-hydrogen) atoms. The molecule has 2 aromatic rings. The van der Waals surface area contributed by atoms with E-state index in [1.54, 1.807) is 24.6 Å². The van der Waals surface area contributed by atoms with Crippen LogP contribution in [0.5, 0.6) is 0 Å². The number of nitrogens with zero attached hydrogens (tertiary/aromatic N) is 3. The monoisotopic (exact) mass is 328 g/mol. The highest BCUT2D eigenvalue weighted by molar-refractivity contribution is 8.14. The number of aryl methyl sites for hydroxylation is 3. The Bertz CT molecular complexity index is 825. The summed E-state index contributed by atoms with van der Waals surface area (Å²) in [5.41, 5.74) is 1.70. The summed E-state index contributed by atoms with van der Waals surface area (Å²) < 4.78 is 25.3. The molecule has 2 rings (SSSR count). The van der Waals surface area contributed by atoms with Crippen LogP contribution in [-0.4, -0.2) is 52.2 Å². The fraction of sp³-hybridized carbons (Fsp3) is 0.273. The second kappa shape index (κ2) is 6.16. The van der Waals surface area contributed by atoms with Crippen LogP contribution in [0, 0.1) is 20.8 Å². The third kappa shape index (κ3) is 3.27. The summed E-state index contributed by atoms with van der Waals surface area (Å²) in [7, 11) is 14.0. The Labute approximate surface area is 138 Å². The van der Waals surface area contributed by atoms with Gasteiger partial charge < -0.3 is 0 Å². The number of benzene rings is 1. The van der Waals surface area contributed by atoms with E-state index in [-0.39, 0.29) is 4.90 Å². The molecule has 5 radical (unpaired) electrons. The number of aromatic nitrogens is 3. The van der Waals surface area contributed by atoms with Gasteiger partial charge in [-0.3, -0.25) is 0 Å². The first kappa shape index (κ1) is 17.2. The topological polar surface area (TPSA) is 64.8 Å². The van der Waals surface area contributed by atoms with Gasteiger partial charge in [0.15, 0.2) is 0 Å². The average Bonchev–Trinajstić information content (AvgIpc) is 2.75. The summed E-state index contributed by atoms with van der Waals surface area (Å²) >= 11 is 0. The van der Waals surface area contributed by atoms with Crippen LogP contribution in [0.3, 0.4) is 0 Å². The van der Waals surface area contributed by atoms with E-state index in [4.69, 9.17) is 26.2 Å². The molecule has 0 unspecified atom stereocenters. The van der Waals surface area contributed by atoms with Crippen LogP contribution in [0.1, 0.15) is 17.2 Å². The molecule has 0 aliphatic heterocycles. The van der Waals surface area contributed by atoms with Gasteiger partial charge in [-0.05, 0) is 32.4 Å². The smallest absolute Gasteiger partial charge is 0.218 e. The molecular formula is C11H11B4ClN3O2S. The second-order valence-corrected chi connectivity index (χ2v) is 7.48. The molecule has 0 bridgehead atoms. The molecule has 0 aliphatic carbocycles. The van der Waals surface area contributed by atoms with Crippen molar-refractivity contribution in [2.45, 2.75) is 25.7 Å². The minimum Gasteiger partial charge on any atom is -0.218 e. The van der Waals surface area contributed by atoms with Crippen LogP contribution in [0.2, 0.25) is 0 Å². The third-order valence-electron chi connectivity index (χ3n) is 3.26. The highest BCUT2D eigenvalue weighted by Gasteiger charge is 2.22. The zero-order valence-corrected chi connectivity index (χ0v) is 14.0. The van der Waals surface area contributed by atoms with Crippen LogP contribution in [0.15, 0.2) is 17.0 Å². The minimum absolute atomic E-state index is 0.0866. The lowest BCUT2D eigenvalue weighted by molar-refractivity contribution is 0.610. The van der Waals surface area contributed by atoms with Crippen molar-refractivity contribution in [3.05, 3.63) is 29.3 Å². The van der Waals surface area contributed by atoms with Crippen LogP contribution in [0.25, 0.3) is 5.69 Å². The number of halogens is 1. The van der Waals surface area contributed by atoms with Crippen molar-refractivity contribution >= 4 is 54.2 Å². The van der Waals surface area contributed by atoms with E-state index >= 15 is 0 Å². The lowest BCUT2D eigenvalue weighted by atomic mass is 9.03. The Balaban J connectivity index is 2.76. The molecule has 107 valence electrons. The largest absolute Gasteiger partial charge is 0.260 e. The van der Waals surface area contributed by atoms with Crippen molar-refractivity contribution in [3.8, 4) is 5.69 Å². The maximum absolute atomic E-state index is 11.9. The van der Waals surface area contributed by atoms with Crippen LogP contribution < -0.4 is 5.46 Å². The number of hydrogen-bond donors (Lipinski definition) is 0. The van der Waals surface area contributed by atoms with Gasteiger partial charge in [0, 0.05) is 33.2 Å². The first-order valence-electron chi connectivity index (χ1n) is 6.45. The van der Waals surface area contributed by atoms with Crippen molar-refractivity contribution in [2.75, 3.05) is 0 Å². The van der Waals surface area contributed by atoms with E-state index in [1.165, 1.54) is 13.1 Å². The summed E-state index contributed by atoms with van der Waals surface area (Å²) in [5, 5.41) is 4.26. The van der Waals surface area contributed by atoms with Gasteiger partial charge in [0.25, 0.3) is 9.05 Å². The SMILES string of the molecule is [B][B]B([B])c1cc(C)c(-n2nc(C)nc2C)cc1S(=O)(=O)Cl. The van der Waals surface area contributed by atoms with Crippen molar-refractivity contribution < 1.29 is 8.42 Å². The highest BCUT2D eigenvalue weighted by atomic mass is 35.7. The van der Waals surface area contributed by atoms with E-state index in [2.05, 4.69) is 10.1 Å². The van der Waals surface area contributed by atoms with Crippen LogP contribution in [-0.2, 0) is 9.05 Å². The molecule has 0 saturated heterocycles. The molecule has 0 fully saturated rings. The third-order valence-corrected chi connectivity index (χ3v) is 4.64. The van der Waals surface area contributed by atoms with Gasteiger partial charge in [0.1, 0.15) is 11.6 Å². The normalized spacial score (nSPS) is 11.5. The fourth-order valence-electron chi connectivity index (χ4n) is 2.25. The maximum atomic E-state index is 11.9. The van der Waals surface area contributed by atoms with Crippen molar-refractivity contribution in [3.63, 3.8) is 0 Å². The fourth-order valence-corrected chi connectivity index (χ4v) is 3.38. The first-order chi connectivity index (χ1) is 10.1. The minimum atomic E-state index is -3.99. The lowest BCUT2D eigenvalue weighted by Crippen LogP contribution is -2.41. The highest BCUT2D eigenvalue weighted by Crippen LogP contribution is 2.21. The Kier molecular flexibility index (Phi) is 4.82. The molecule has 0 saturated carbocycles. The summed E-state index contributed by atoms with van der Waals surface area (Å²) in [4.78, 5) is 4.13. The molecule has 0 atom stereocenters. The summed E-state index contributed by atoms with van der Waals surface area (Å²) in [6.45, 7) is 4.62. The Morgan fingerprint density at radius 1 is 1.32 bits per heavy atom. The molecule has 1 heterocycles. The van der Waals surface area contributed by atoms with Crippen molar-refractivity contribution in [2.24, 2.45) is 0 Å². The first-order valence-corrected chi connectivity index (χ1v) is 8.76. The predicted molar refractivity (Wildman–Crippen MR) is 91.3 cm³/mol. The van der Waals surface area contributed by atoms with Gasteiger partial charge in [-0.1, -0.05) is 11.5 Å². The predicted octanol–water partition coefficient (Wildman–Crippen LogP) is -0.229. The maximum Gasteiger partial charge on any atom is 0.260 e.